The Hall–Kier alpha value is -4.09. The molecule has 0 saturated carbocycles. The van der Waals surface area contributed by atoms with Crippen molar-refractivity contribution in [1.29, 1.82) is 0 Å². The number of benzene rings is 2. The molecule has 0 radical (unpaired) electrons. The number of halogens is 1. The van der Waals surface area contributed by atoms with E-state index in [1.165, 1.54) is 12.1 Å². The highest BCUT2D eigenvalue weighted by Gasteiger charge is 2.32. The molecule has 2 heterocycles. The Morgan fingerprint density at radius 1 is 1.25 bits per heavy atom. The van der Waals surface area contributed by atoms with E-state index >= 15 is 0 Å². The van der Waals surface area contributed by atoms with Crippen LogP contribution in [0.1, 0.15) is 35.5 Å². The highest BCUT2D eigenvalue weighted by atomic mass is 19.1. The second-order valence-electron chi connectivity index (χ2n) is 8.93. The summed E-state index contributed by atoms with van der Waals surface area (Å²) in [5, 5.41) is 3.92. The molecular formula is C29H31FN4O2. The standard InChI is InChI=1S/C29H31FN4O2/c1-6-25(28(31-5)32-17-19(2)22-10-8-7-9-11-22)33-14-15-34(20(3)18-33)29(35)27-21(4)24-16-23(30)12-13-26(24)36-27/h7-13,16-17,20H,1,14-15,18H2,2-5H3,(H,31,32). The number of carbonyl (C=O) groups excluding carboxylic acids is 1. The van der Waals surface area contributed by atoms with Crippen molar-refractivity contribution in [3.05, 3.63) is 95.4 Å². The second-order valence-corrected chi connectivity index (χ2v) is 8.93. The Labute approximate surface area is 211 Å². The van der Waals surface area contributed by atoms with Crippen LogP contribution in [0.25, 0.3) is 16.5 Å². The summed E-state index contributed by atoms with van der Waals surface area (Å²) in [7, 11) is 1.72. The van der Waals surface area contributed by atoms with Gasteiger partial charge in [0, 0.05) is 49.9 Å². The van der Waals surface area contributed by atoms with Gasteiger partial charge in [-0.25, -0.2) is 4.39 Å². The largest absolute Gasteiger partial charge is 0.451 e. The summed E-state index contributed by atoms with van der Waals surface area (Å²) >= 11 is 0. The lowest BCUT2D eigenvalue weighted by Gasteiger charge is -2.41. The molecule has 2 aromatic carbocycles. The molecule has 3 aromatic rings. The zero-order valence-electron chi connectivity index (χ0n) is 21.1. The van der Waals surface area contributed by atoms with Crippen molar-refractivity contribution in [2.45, 2.75) is 26.8 Å². The van der Waals surface area contributed by atoms with Gasteiger partial charge in [0.15, 0.2) is 11.6 Å². The maximum atomic E-state index is 13.7. The average molecular weight is 487 g/mol. The van der Waals surface area contributed by atoms with E-state index in [4.69, 9.17) is 4.42 Å². The number of nitrogens with one attached hydrogen (secondary N) is 1. The molecule has 0 bridgehead atoms. The van der Waals surface area contributed by atoms with E-state index in [2.05, 4.69) is 39.7 Å². The van der Waals surface area contributed by atoms with Gasteiger partial charge < -0.3 is 19.5 Å². The van der Waals surface area contributed by atoms with Crippen LogP contribution in [-0.4, -0.2) is 54.3 Å². The topological polar surface area (TPSA) is 61.1 Å². The molecule has 1 atom stereocenters. The second kappa shape index (κ2) is 10.7. The maximum Gasteiger partial charge on any atom is 0.290 e. The van der Waals surface area contributed by atoms with E-state index in [9.17, 15) is 9.18 Å². The lowest BCUT2D eigenvalue weighted by Crippen LogP contribution is -2.54. The fraction of sp³-hybridized carbons (Fsp3) is 0.276. The summed E-state index contributed by atoms with van der Waals surface area (Å²) in [6.07, 6.45) is 1.92. The number of rotatable bonds is 5. The number of aliphatic imine (C=N–C) groups is 1. The van der Waals surface area contributed by atoms with E-state index in [-0.39, 0.29) is 23.5 Å². The van der Waals surface area contributed by atoms with Gasteiger partial charge in [-0.3, -0.25) is 9.79 Å². The summed E-state index contributed by atoms with van der Waals surface area (Å²) in [4.78, 5) is 21.7. The van der Waals surface area contributed by atoms with Gasteiger partial charge in [0.1, 0.15) is 17.1 Å². The summed E-state index contributed by atoms with van der Waals surface area (Å²) in [5.74, 6) is 0.369. The molecule has 6 nitrogen and oxygen atoms in total. The Morgan fingerprint density at radius 2 is 2.00 bits per heavy atom. The number of amidine groups is 1. The lowest BCUT2D eigenvalue weighted by molar-refractivity contribution is 0.0521. The Bertz CT molecular complexity index is 1380. The smallest absolute Gasteiger partial charge is 0.290 e. The number of aryl methyl sites for hydroxylation is 1. The molecule has 0 aliphatic carbocycles. The first kappa shape index (κ1) is 25.0. The summed E-state index contributed by atoms with van der Waals surface area (Å²) < 4.78 is 19.5. The third-order valence-electron chi connectivity index (χ3n) is 6.57. The van der Waals surface area contributed by atoms with Crippen LogP contribution in [-0.2, 0) is 0 Å². The van der Waals surface area contributed by atoms with Crippen LogP contribution in [0.2, 0.25) is 0 Å². The third-order valence-corrected chi connectivity index (χ3v) is 6.57. The van der Waals surface area contributed by atoms with Crippen LogP contribution in [0.3, 0.4) is 0 Å². The Balaban J connectivity index is 1.47. The van der Waals surface area contributed by atoms with Crippen molar-refractivity contribution >= 4 is 28.3 Å². The molecule has 7 heteroatoms. The molecule has 36 heavy (non-hydrogen) atoms. The lowest BCUT2D eigenvalue weighted by atomic mass is 10.1. The van der Waals surface area contributed by atoms with Crippen LogP contribution in [0.4, 0.5) is 4.39 Å². The zero-order chi connectivity index (χ0) is 25.8. The SMILES string of the molecule is C=C=C(C(=NC)NC=C(C)c1ccccc1)N1CCN(C(=O)c2oc3ccc(F)cc3c2C)C(C)C1. The van der Waals surface area contributed by atoms with Crippen LogP contribution < -0.4 is 5.32 Å². The van der Waals surface area contributed by atoms with E-state index < -0.39 is 0 Å². The number of nitrogens with zero attached hydrogens (tertiary/aromatic N) is 3. The molecule has 1 saturated heterocycles. The van der Waals surface area contributed by atoms with E-state index in [1.807, 2.05) is 38.2 Å². The first-order chi connectivity index (χ1) is 17.3. The number of carbonyl (C=O) groups is 1. The highest BCUT2D eigenvalue weighted by molar-refractivity contribution is 6.00. The van der Waals surface area contributed by atoms with Crippen LogP contribution in [0.15, 0.2) is 82.1 Å². The van der Waals surface area contributed by atoms with Gasteiger partial charge in [0.2, 0.25) is 0 Å². The zero-order valence-corrected chi connectivity index (χ0v) is 21.1. The van der Waals surface area contributed by atoms with Crippen LogP contribution in [0, 0.1) is 12.7 Å². The molecular weight excluding hydrogens is 455 g/mol. The van der Waals surface area contributed by atoms with Crippen molar-refractivity contribution in [3.8, 4) is 0 Å². The first-order valence-corrected chi connectivity index (χ1v) is 11.9. The van der Waals surface area contributed by atoms with Crippen molar-refractivity contribution in [3.63, 3.8) is 0 Å². The predicted octanol–water partition coefficient (Wildman–Crippen LogP) is 5.37. The minimum absolute atomic E-state index is 0.0985. The van der Waals surface area contributed by atoms with Gasteiger partial charge in [0.05, 0.1) is 0 Å². The molecule has 1 aliphatic heterocycles. The quantitative estimate of drug-likeness (QED) is 0.299. The molecule has 1 fully saturated rings. The van der Waals surface area contributed by atoms with Gasteiger partial charge in [-0.15, -0.1) is 0 Å². The summed E-state index contributed by atoms with van der Waals surface area (Å²) in [5.41, 5.74) is 7.14. The highest BCUT2D eigenvalue weighted by Crippen LogP contribution is 2.28. The first-order valence-electron chi connectivity index (χ1n) is 11.9. The van der Waals surface area contributed by atoms with Gasteiger partial charge >= 0.3 is 0 Å². The van der Waals surface area contributed by atoms with E-state index in [0.717, 1.165) is 16.8 Å². The van der Waals surface area contributed by atoms with Crippen molar-refractivity contribution < 1.29 is 13.6 Å². The van der Waals surface area contributed by atoms with Crippen molar-refractivity contribution in [2.75, 3.05) is 26.7 Å². The maximum absolute atomic E-state index is 13.7. The number of furan rings is 1. The van der Waals surface area contributed by atoms with E-state index in [0.29, 0.717) is 42.0 Å². The molecule has 1 unspecified atom stereocenters. The molecule has 4 rings (SSSR count). The molecule has 1 aromatic heterocycles. The minimum Gasteiger partial charge on any atom is -0.451 e. The number of piperazine rings is 1. The van der Waals surface area contributed by atoms with Crippen LogP contribution >= 0.6 is 0 Å². The average Bonchev–Trinajstić information content (AvgIpc) is 3.22. The predicted molar refractivity (Wildman–Crippen MR) is 142 cm³/mol. The normalized spacial score (nSPS) is 16.8. The van der Waals surface area contributed by atoms with Gasteiger partial charge in [-0.1, -0.05) is 42.6 Å². The Kier molecular flexibility index (Phi) is 7.41. The summed E-state index contributed by atoms with van der Waals surface area (Å²) in [6.45, 7) is 11.4. The van der Waals surface area contributed by atoms with Crippen LogP contribution in [0.5, 0.6) is 0 Å². The number of allylic oxidation sites excluding steroid dienone is 1. The fourth-order valence-corrected chi connectivity index (χ4v) is 4.54. The third kappa shape index (κ3) is 4.97. The van der Waals surface area contributed by atoms with E-state index in [1.54, 1.807) is 24.9 Å². The minimum atomic E-state index is -0.355. The monoisotopic (exact) mass is 486 g/mol. The molecule has 1 aliphatic rings. The fourth-order valence-electron chi connectivity index (χ4n) is 4.54. The Morgan fingerprint density at radius 3 is 2.67 bits per heavy atom. The number of hydrogen-bond acceptors (Lipinski definition) is 4. The molecule has 0 spiro atoms. The van der Waals surface area contributed by atoms with Gasteiger partial charge in [-0.05, 0) is 50.1 Å². The molecule has 186 valence electrons. The van der Waals surface area contributed by atoms with Crippen molar-refractivity contribution in [2.24, 2.45) is 4.99 Å². The summed E-state index contributed by atoms with van der Waals surface area (Å²) in [6, 6.07) is 14.3. The van der Waals surface area contributed by atoms with Crippen molar-refractivity contribution in [1.82, 2.24) is 15.1 Å². The van der Waals surface area contributed by atoms with Gasteiger partial charge in [-0.2, -0.15) is 0 Å². The number of amides is 1. The molecule has 1 amide bonds. The number of hydrogen-bond donors (Lipinski definition) is 1. The van der Waals surface area contributed by atoms with Gasteiger partial charge in [0.25, 0.3) is 5.91 Å². The molecule has 1 N–H and O–H groups in total. The number of fused-ring (bicyclic) bond motifs is 1.